The monoisotopic (exact) mass is 388 g/mol. The maximum absolute atomic E-state index is 12.7. The average molecular weight is 388 g/mol. The van der Waals surface area contributed by atoms with Gasteiger partial charge < -0.3 is 14.8 Å². The molecule has 10 heteroatoms. The number of furan rings is 1. The number of sulfonamides is 1. The first kappa shape index (κ1) is 18.3. The summed E-state index contributed by atoms with van der Waals surface area (Å²) in [7, 11) is -4.05. The van der Waals surface area contributed by atoms with Crippen molar-refractivity contribution in [1.82, 2.24) is 9.62 Å². The number of carboxylic acids is 1. The fourth-order valence-electron chi connectivity index (χ4n) is 3.12. The first-order valence-corrected chi connectivity index (χ1v) is 10.7. The Morgan fingerprint density at radius 2 is 1.96 bits per heavy atom. The van der Waals surface area contributed by atoms with E-state index in [1.807, 2.05) is 11.8 Å². The van der Waals surface area contributed by atoms with Crippen LogP contribution in [0.25, 0.3) is 0 Å². The fraction of sp³-hybridized carbons (Fsp3) is 0.600. The van der Waals surface area contributed by atoms with Gasteiger partial charge in [0.2, 0.25) is 16.8 Å². The molecule has 2 saturated heterocycles. The van der Waals surface area contributed by atoms with Gasteiger partial charge >= 0.3 is 5.97 Å². The lowest BCUT2D eigenvalue weighted by molar-refractivity contribution is -0.125. The van der Waals surface area contributed by atoms with Crippen molar-refractivity contribution in [3.8, 4) is 0 Å². The zero-order chi connectivity index (χ0) is 18.0. The van der Waals surface area contributed by atoms with Crippen LogP contribution < -0.4 is 5.32 Å². The molecule has 0 spiro atoms. The summed E-state index contributed by atoms with van der Waals surface area (Å²) in [6, 6.07) is 1.52. The summed E-state index contributed by atoms with van der Waals surface area (Å²) in [5, 5.41) is 11.4. The van der Waals surface area contributed by atoms with Crippen molar-refractivity contribution in [2.75, 3.05) is 18.1 Å². The Bertz CT molecular complexity index is 754. The Hall–Kier alpha value is -1.52. The van der Waals surface area contributed by atoms with Crippen LogP contribution in [-0.2, 0) is 14.8 Å². The number of amides is 1. The van der Waals surface area contributed by atoms with Crippen molar-refractivity contribution in [1.29, 1.82) is 0 Å². The average Bonchev–Trinajstić information content (AvgIpc) is 3.26. The van der Waals surface area contributed by atoms with Crippen molar-refractivity contribution >= 4 is 33.7 Å². The summed E-state index contributed by atoms with van der Waals surface area (Å²) in [5.74, 6) is -0.0990. The van der Waals surface area contributed by atoms with Gasteiger partial charge in [-0.05, 0) is 49.3 Å². The van der Waals surface area contributed by atoms with Crippen molar-refractivity contribution < 1.29 is 27.5 Å². The third-order valence-corrected chi connectivity index (χ3v) is 7.26. The molecular weight excluding hydrogens is 368 g/mol. The number of carboxylic acid groups (broad SMARTS) is 1. The van der Waals surface area contributed by atoms with Gasteiger partial charge in [0, 0.05) is 12.6 Å². The van der Waals surface area contributed by atoms with Gasteiger partial charge in [-0.2, -0.15) is 16.1 Å². The molecule has 2 aliphatic heterocycles. The molecule has 8 nitrogen and oxygen atoms in total. The van der Waals surface area contributed by atoms with E-state index in [-0.39, 0.29) is 18.5 Å². The van der Waals surface area contributed by atoms with Gasteiger partial charge in [0.05, 0.1) is 0 Å². The van der Waals surface area contributed by atoms with E-state index in [4.69, 9.17) is 9.52 Å². The van der Waals surface area contributed by atoms with Crippen LogP contribution in [0.15, 0.2) is 21.6 Å². The predicted octanol–water partition coefficient (Wildman–Crippen LogP) is 1.14. The molecule has 1 aromatic heterocycles. The van der Waals surface area contributed by atoms with E-state index in [9.17, 15) is 18.0 Å². The number of carbonyl (C=O) groups excluding carboxylic acids is 1. The molecule has 3 rings (SSSR count). The second-order valence-electron chi connectivity index (χ2n) is 6.09. The Labute approximate surface area is 150 Å². The largest absolute Gasteiger partial charge is 0.475 e. The number of nitrogens with zero attached hydrogens (tertiary/aromatic N) is 1. The highest BCUT2D eigenvalue weighted by atomic mass is 32.2. The SMILES string of the molecule is O=C(O)c1ccc(S(=O)(=O)N2CCCC2C(=O)NC2CCSCC2)o1. The second kappa shape index (κ2) is 7.38. The van der Waals surface area contributed by atoms with Crippen LogP contribution in [0.3, 0.4) is 0 Å². The normalized spacial score (nSPS) is 22.8. The Balaban J connectivity index is 1.75. The molecule has 1 unspecified atom stereocenters. The highest BCUT2D eigenvalue weighted by molar-refractivity contribution is 7.99. The topological polar surface area (TPSA) is 117 Å². The maximum Gasteiger partial charge on any atom is 0.371 e. The van der Waals surface area contributed by atoms with Crippen LogP contribution in [-0.4, -0.2) is 59.8 Å². The van der Waals surface area contributed by atoms with Gasteiger partial charge in [0.1, 0.15) is 6.04 Å². The number of hydrogen-bond acceptors (Lipinski definition) is 6. The van der Waals surface area contributed by atoms with Crippen molar-refractivity contribution in [3.05, 3.63) is 17.9 Å². The molecule has 2 N–H and O–H groups in total. The lowest BCUT2D eigenvalue weighted by Gasteiger charge is -2.27. The second-order valence-corrected chi connectivity index (χ2v) is 9.14. The van der Waals surface area contributed by atoms with Gasteiger partial charge in [0.15, 0.2) is 0 Å². The minimum atomic E-state index is -4.05. The van der Waals surface area contributed by atoms with E-state index < -0.39 is 32.9 Å². The summed E-state index contributed by atoms with van der Waals surface area (Å²) in [6.07, 6.45) is 2.79. The van der Waals surface area contributed by atoms with Crippen molar-refractivity contribution in [3.63, 3.8) is 0 Å². The number of aromatic carboxylic acids is 1. The molecule has 0 aliphatic carbocycles. The number of thioether (sulfide) groups is 1. The van der Waals surface area contributed by atoms with Crippen LogP contribution in [0, 0.1) is 0 Å². The quantitative estimate of drug-likeness (QED) is 0.777. The third kappa shape index (κ3) is 3.85. The summed E-state index contributed by atoms with van der Waals surface area (Å²) in [5.41, 5.74) is 0. The molecule has 0 bridgehead atoms. The molecule has 25 heavy (non-hydrogen) atoms. The molecule has 3 heterocycles. The van der Waals surface area contributed by atoms with Crippen LogP contribution >= 0.6 is 11.8 Å². The van der Waals surface area contributed by atoms with Gasteiger partial charge in [-0.3, -0.25) is 4.79 Å². The molecule has 138 valence electrons. The number of nitrogens with one attached hydrogen (secondary N) is 1. The first-order valence-electron chi connectivity index (χ1n) is 8.12. The summed E-state index contributed by atoms with van der Waals surface area (Å²) in [6.45, 7) is 0.212. The molecule has 2 aliphatic rings. The Morgan fingerprint density at radius 3 is 2.60 bits per heavy atom. The van der Waals surface area contributed by atoms with E-state index >= 15 is 0 Å². The van der Waals surface area contributed by atoms with Gasteiger partial charge in [0.25, 0.3) is 10.0 Å². The highest BCUT2D eigenvalue weighted by Gasteiger charge is 2.41. The molecule has 2 fully saturated rings. The Kier molecular flexibility index (Phi) is 5.40. The molecule has 1 amide bonds. The van der Waals surface area contributed by atoms with E-state index in [2.05, 4.69) is 5.32 Å². The van der Waals surface area contributed by atoms with Crippen LogP contribution in [0.5, 0.6) is 0 Å². The van der Waals surface area contributed by atoms with E-state index in [0.29, 0.717) is 12.8 Å². The summed E-state index contributed by atoms with van der Waals surface area (Å²) in [4.78, 5) is 23.5. The van der Waals surface area contributed by atoms with Crippen LogP contribution in [0.4, 0.5) is 0 Å². The smallest absolute Gasteiger partial charge is 0.371 e. The molecule has 0 radical (unpaired) electrons. The molecular formula is C15H20N2O6S2. The standard InChI is InChI=1S/C15H20N2O6S2/c18-14(16-10-5-8-24-9-6-10)11-2-1-7-17(11)25(21,22)13-4-3-12(23-13)15(19)20/h3-4,10-11H,1-2,5-9H2,(H,16,18)(H,19,20). The number of rotatable bonds is 5. The first-order chi connectivity index (χ1) is 11.9. The zero-order valence-corrected chi connectivity index (χ0v) is 15.1. The number of carbonyl (C=O) groups is 2. The van der Waals surface area contributed by atoms with E-state index in [1.165, 1.54) is 0 Å². The maximum atomic E-state index is 12.7. The molecule has 1 aromatic rings. The molecule has 0 aromatic carbocycles. The zero-order valence-electron chi connectivity index (χ0n) is 13.5. The summed E-state index contributed by atoms with van der Waals surface area (Å²) < 4.78 is 31.5. The van der Waals surface area contributed by atoms with Crippen molar-refractivity contribution in [2.24, 2.45) is 0 Å². The molecule has 1 atom stereocenters. The lowest BCUT2D eigenvalue weighted by Crippen LogP contribution is -2.49. The highest BCUT2D eigenvalue weighted by Crippen LogP contribution is 2.28. The minimum absolute atomic E-state index is 0.0844. The summed E-state index contributed by atoms with van der Waals surface area (Å²) >= 11 is 1.85. The predicted molar refractivity (Wildman–Crippen MR) is 91.1 cm³/mol. The van der Waals surface area contributed by atoms with Crippen LogP contribution in [0.2, 0.25) is 0 Å². The Morgan fingerprint density at radius 1 is 1.24 bits per heavy atom. The third-order valence-electron chi connectivity index (χ3n) is 4.43. The molecule has 0 saturated carbocycles. The number of hydrogen-bond donors (Lipinski definition) is 2. The van der Waals surface area contributed by atoms with Gasteiger partial charge in [-0.15, -0.1) is 0 Å². The van der Waals surface area contributed by atoms with E-state index in [1.54, 1.807) is 0 Å². The minimum Gasteiger partial charge on any atom is -0.475 e. The van der Waals surface area contributed by atoms with Crippen LogP contribution in [0.1, 0.15) is 36.2 Å². The van der Waals surface area contributed by atoms with Gasteiger partial charge in [-0.25, -0.2) is 13.2 Å². The lowest BCUT2D eigenvalue weighted by atomic mass is 10.1. The van der Waals surface area contributed by atoms with E-state index in [0.717, 1.165) is 40.8 Å². The van der Waals surface area contributed by atoms with Crippen molar-refractivity contribution in [2.45, 2.75) is 42.9 Å². The van der Waals surface area contributed by atoms with Gasteiger partial charge in [-0.1, -0.05) is 0 Å². The fourth-order valence-corrected chi connectivity index (χ4v) is 5.80.